The van der Waals surface area contributed by atoms with Gasteiger partial charge in [-0.3, -0.25) is 18.7 Å². The molecule has 0 atom stereocenters. The number of hydrogen-bond acceptors (Lipinski definition) is 8. The molecule has 32 heavy (non-hydrogen) atoms. The highest BCUT2D eigenvalue weighted by molar-refractivity contribution is 7.86. The molecule has 0 bridgehead atoms. The average Bonchev–Trinajstić information content (AvgIpc) is 2.50. The quantitative estimate of drug-likeness (QED) is 0.133. The summed E-state index contributed by atoms with van der Waals surface area (Å²) in [6.45, 7) is 8.27. The third-order valence-electron chi connectivity index (χ3n) is 4.18. The van der Waals surface area contributed by atoms with Crippen LogP contribution >= 0.6 is 0 Å². The Balaban J connectivity index is 3.99. The first kappa shape index (κ1) is 30.7. The second kappa shape index (κ2) is 12.8. The molecule has 0 saturated heterocycles. The van der Waals surface area contributed by atoms with Crippen molar-refractivity contribution in [1.29, 1.82) is 0 Å². The minimum atomic E-state index is -4.19. The minimum Gasteiger partial charge on any atom is -0.350 e. The highest BCUT2D eigenvalue weighted by Crippen LogP contribution is 2.07. The predicted octanol–water partition coefficient (Wildman–Crippen LogP) is -0.757. The van der Waals surface area contributed by atoms with Gasteiger partial charge in [-0.2, -0.15) is 16.8 Å². The number of hydrogen-bond donors (Lipinski definition) is 5. The maximum Gasteiger partial charge on any atom is 0.267 e. The van der Waals surface area contributed by atoms with Crippen molar-refractivity contribution in [1.82, 2.24) is 20.9 Å². The first-order chi connectivity index (χ1) is 14.3. The summed E-state index contributed by atoms with van der Waals surface area (Å²) in [5, 5.41) is 8.26. The van der Waals surface area contributed by atoms with Crippen molar-refractivity contribution in [3.63, 3.8) is 0 Å². The van der Waals surface area contributed by atoms with Gasteiger partial charge in [0.15, 0.2) is 0 Å². The molecule has 0 spiro atoms. The second-order valence-corrected chi connectivity index (χ2v) is 12.1. The Morgan fingerprint density at radius 3 is 1.66 bits per heavy atom. The molecule has 0 heterocycles. The normalized spacial score (nSPS) is 13.2. The molecule has 0 aliphatic rings. The standard InChI is InChI=1S/C18H38N4O8S2/c1-17(2,13-31(25,26)27)20-15(23)7-10-19-9-6-11-22(5)12-8-16(24)21-18(3,4)14-32(28,29)30/h19H,6-14H2,1-5H3,(H,20,23)(H,21,24)(H,25,26,27)(H,28,29,30). The summed E-state index contributed by atoms with van der Waals surface area (Å²) in [4.78, 5) is 25.8. The van der Waals surface area contributed by atoms with Crippen molar-refractivity contribution >= 4 is 32.1 Å². The molecule has 0 aliphatic carbocycles. The van der Waals surface area contributed by atoms with E-state index in [4.69, 9.17) is 9.11 Å². The van der Waals surface area contributed by atoms with E-state index in [1.165, 1.54) is 27.7 Å². The van der Waals surface area contributed by atoms with Crippen LogP contribution < -0.4 is 16.0 Å². The molecule has 190 valence electrons. The molecule has 0 saturated carbocycles. The molecule has 5 N–H and O–H groups in total. The van der Waals surface area contributed by atoms with Crippen molar-refractivity contribution in [2.45, 2.75) is 58.0 Å². The van der Waals surface area contributed by atoms with E-state index in [1.807, 2.05) is 11.9 Å². The van der Waals surface area contributed by atoms with Crippen LogP contribution in [0.15, 0.2) is 0 Å². The van der Waals surface area contributed by atoms with Crippen molar-refractivity contribution in [3.05, 3.63) is 0 Å². The Morgan fingerprint density at radius 1 is 0.781 bits per heavy atom. The van der Waals surface area contributed by atoms with Gasteiger partial charge in [0, 0.05) is 25.9 Å². The van der Waals surface area contributed by atoms with Crippen LogP contribution in [-0.4, -0.2) is 98.5 Å². The molecule has 2 amide bonds. The van der Waals surface area contributed by atoms with Crippen LogP contribution in [0.1, 0.15) is 47.0 Å². The zero-order valence-corrected chi connectivity index (χ0v) is 21.1. The Bertz CT molecular complexity index is 826. The number of nitrogens with zero attached hydrogens (tertiary/aromatic N) is 1. The third-order valence-corrected chi connectivity index (χ3v) is 6.36. The Morgan fingerprint density at radius 2 is 1.22 bits per heavy atom. The maximum atomic E-state index is 12.0. The van der Waals surface area contributed by atoms with Gasteiger partial charge in [-0.1, -0.05) is 0 Å². The Labute approximate surface area is 191 Å². The highest BCUT2D eigenvalue weighted by atomic mass is 32.2. The van der Waals surface area contributed by atoms with Gasteiger partial charge in [-0.05, 0) is 54.3 Å². The van der Waals surface area contributed by atoms with Gasteiger partial charge in [0.2, 0.25) is 11.8 Å². The van der Waals surface area contributed by atoms with E-state index in [2.05, 4.69) is 16.0 Å². The summed E-state index contributed by atoms with van der Waals surface area (Å²) in [5.41, 5.74) is -2.14. The topological polar surface area (TPSA) is 182 Å². The van der Waals surface area contributed by atoms with Crippen LogP contribution in [-0.2, 0) is 29.8 Å². The third kappa shape index (κ3) is 18.3. The summed E-state index contributed by atoms with van der Waals surface area (Å²) in [5.74, 6) is -1.78. The SMILES string of the molecule is CN(CCCNCCC(=O)NC(C)(C)CS(=O)(=O)O)CCC(=O)NC(C)(C)CS(=O)(=O)O. The van der Waals surface area contributed by atoms with Crippen LogP contribution in [0.25, 0.3) is 0 Å². The fraction of sp³-hybridized carbons (Fsp3) is 0.889. The van der Waals surface area contributed by atoms with Crippen molar-refractivity contribution < 1.29 is 35.5 Å². The van der Waals surface area contributed by atoms with Crippen molar-refractivity contribution in [3.8, 4) is 0 Å². The van der Waals surface area contributed by atoms with Gasteiger partial charge in [-0.15, -0.1) is 0 Å². The van der Waals surface area contributed by atoms with E-state index in [0.717, 1.165) is 6.42 Å². The minimum absolute atomic E-state index is 0.157. The lowest BCUT2D eigenvalue weighted by Gasteiger charge is -2.25. The van der Waals surface area contributed by atoms with Crippen LogP contribution in [0.4, 0.5) is 0 Å². The lowest BCUT2D eigenvalue weighted by Crippen LogP contribution is -2.48. The van der Waals surface area contributed by atoms with Crippen molar-refractivity contribution in [2.75, 3.05) is 44.7 Å². The second-order valence-electron chi connectivity index (χ2n) is 9.22. The molecule has 0 aromatic carbocycles. The summed E-state index contributed by atoms with van der Waals surface area (Å²) in [6.07, 6.45) is 1.10. The van der Waals surface area contributed by atoms with E-state index < -0.39 is 42.8 Å². The van der Waals surface area contributed by atoms with Gasteiger partial charge >= 0.3 is 0 Å². The van der Waals surface area contributed by atoms with Gasteiger partial charge < -0.3 is 20.9 Å². The molecule has 12 nitrogen and oxygen atoms in total. The maximum absolute atomic E-state index is 12.0. The van der Waals surface area contributed by atoms with E-state index in [9.17, 15) is 26.4 Å². The van der Waals surface area contributed by atoms with Crippen LogP contribution in [0.3, 0.4) is 0 Å². The van der Waals surface area contributed by atoms with Gasteiger partial charge in [0.05, 0.1) is 22.6 Å². The van der Waals surface area contributed by atoms with E-state index >= 15 is 0 Å². The van der Waals surface area contributed by atoms with E-state index in [-0.39, 0.29) is 24.7 Å². The summed E-state index contributed by atoms with van der Waals surface area (Å²) >= 11 is 0. The average molecular weight is 503 g/mol. The number of rotatable bonds is 16. The number of carbonyl (C=O) groups excluding carboxylic acids is 2. The Kier molecular flexibility index (Phi) is 12.3. The van der Waals surface area contributed by atoms with Crippen LogP contribution in [0.2, 0.25) is 0 Å². The first-order valence-corrected chi connectivity index (χ1v) is 13.4. The fourth-order valence-corrected chi connectivity index (χ4v) is 5.04. The zero-order chi connectivity index (χ0) is 25.2. The van der Waals surface area contributed by atoms with Crippen LogP contribution in [0.5, 0.6) is 0 Å². The van der Waals surface area contributed by atoms with Gasteiger partial charge in [0.25, 0.3) is 20.2 Å². The summed E-state index contributed by atoms with van der Waals surface area (Å²) in [6, 6.07) is 0. The van der Waals surface area contributed by atoms with Crippen molar-refractivity contribution in [2.24, 2.45) is 0 Å². The molecule has 0 fully saturated rings. The summed E-state index contributed by atoms with van der Waals surface area (Å²) in [7, 11) is -6.53. The number of nitrogens with one attached hydrogen (secondary N) is 3. The highest BCUT2D eigenvalue weighted by Gasteiger charge is 2.27. The molecule has 0 radical (unpaired) electrons. The summed E-state index contributed by atoms with van der Waals surface area (Å²) < 4.78 is 61.6. The van der Waals surface area contributed by atoms with Crippen LogP contribution in [0, 0.1) is 0 Å². The fourth-order valence-electron chi connectivity index (χ4n) is 3.07. The number of amides is 2. The first-order valence-electron chi connectivity index (χ1n) is 10.2. The Hall–Kier alpha value is -1.32. The molecule has 0 aliphatic heterocycles. The number of carbonyl (C=O) groups is 2. The molecule has 14 heteroatoms. The monoisotopic (exact) mass is 502 g/mol. The molecule has 0 aromatic rings. The van der Waals surface area contributed by atoms with E-state index in [1.54, 1.807) is 0 Å². The molecule has 0 unspecified atom stereocenters. The largest absolute Gasteiger partial charge is 0.350 e. The molecule has 0 rings (SSSR count). The van der Waals surface area contributed by atoms with Gasteiger partial charge in [-0.25, -0.2) is 0 Å². The lowest BCUT2D eigenvalue weighted by molar-refractivity contribution is -0.123. The lowest BCUT2D eigenvalue weighted by atomic mass is 10.1. The molecular weight excluding hydrogens is 464 g/mol. The molecular formula is C18H38N4O8S2. The molecule has 0 aromatic heterocycles. The smallest absolute Gasteiger partial charge is 0.267 e. The predicted molar refractivity (Wildman–Crippen MR) is 121 cm³/mol. The van der Waals surface area contributed by atoms with Gasteiger partial charge in [0.1, 0.15) is 0 Å². The zero-order valence-electron chi connectivity index (χ0n) is 19.5. The van der Waals surface area contributed by atoms with E-state index in [0.29, 0.717) is 26.2 Å².